The monoisotopic (exact) mass is 453 g/mol. The van der Waals surface area contributed by atoms with E-state index in [9.17, 15) is 9.59 Å². The van der Waals surface area contributed by atoms with Gasteiger partial charge in [-0.1, -0.05) is 48.5 Å². The Bertz CT molecular complexity index is 1390. The Morgan fingerprint density at radius 3 is 2.47 bits per heavy atom. The number of hydrogen-bond donors (Lipinski definition) is 1. The molecule has 3 aromatic carbocycles. The molecular formula is C28H27N3O3. The number of amides is 2. The highest BCUT2D eigenvalue weighted by atomic mass is 16.5. The van der Waals surface area contributed by atoms with Crippen molar-refractivity contribution in [2.24, 2.45) is 7.05 Å². The van der Waals surface area contributed by atoms with Gasteiger partial charge in [0.15, 0.2) is 0 Å². The minimum absolute atomic E-state index is 0.0169. The summed E-state index contributed by atoms with van der Waals surface area (Å²) in [6.45, 7) is 2.44. The van der Waals surface area contributed by atoms with Crippen LogP contribution in [0, 0.1) is 6.92 Å². The van der Waals surface area contributed by atoms with Crippen LogP contribution in [-0.2, 0) is 18.4 Å². The molecule has 172 valence electrons. The van der Waals surface area contributed by atoms with Crippen LogP contribution in [0.15, 0.2) is 72.8 Å². The second-order valence-corrected chi connectivity index (χ2v) is 8.62. The molecule has 2 heterocycles. The van der Waals surface area contributed by atoms with Crippen molar-refractivity contribution in [3.8, 4) is 5.75 Å². The number of carbonyl (C=O) groups is 2. The molecule has 6 nitrogen and oxygen atoms in total. The van der Waals surface area contributed by atoms with E-state index < -0.39 is 0 Å². The number of hydrogen-bond acceptors (Lipinski definition) is 3. The summed E-state index contributed by atoms with van der Waals surface area (Å²) in [5, 5.41) is 4.06. The quantitative estimate of drug-likeness (QED) is 0.472. The Labute approximate surface area is 198 Å². The summed E-state index contributed by atoms with van der Waals surface area (Å²) in [5.74, 6) is 0.455. The molecule has 0 bridgehead atoms. The molecule has 0 fully saturated rings. The van der Waals surface area contributed by atoms with E-state index in [2.05, 4.69) is 28.9 Å². The van der Waals surface area contributed by atoms with E-state index in [1.807, 2.05) is 67.7 Å². The van der Waals surface area contributed by atoms with Crippen molar-refractivity contribution in [2.75, 3.05) is 13.7 Å². The lowest BCUT2D eigenvalue weighted by Crippen LogP contribution is -2.39. The molecule has 6 heteroatoms. The first-order valence-electron chi connectivity index (χ1n) is 11.3. The zero-order valence-corrected chi connectivity index (χ0v) is 19.5. The van der Waals surface area contributed by atoms with Gasteiger partial charge in [0.05, 0.1) is 13.2 Å². The highest BCUT2D eigenvalue weighted by Gasteiger charge is 2.40. The van der Waals surface area contributed by atoms with Gasteiger partial charge in [0.1, 0.15) is 12.3 Å². The third-order valence-corrected chi connectivity index (χ3v) is 6.74. The summed E-state index contributed by atoms with van der Waals surface area (Å²) in [5.41, 5.74) is 5.82. The highest BCUT2D eigenvalue weighted by molar-refractivity contribution is 6.02. The number of aryl methyl sites for hydroxylation is 1. The summed E-state index contributed by atoms with van der Waals surface area (Å²) in [6.07, 6.45) is 0. The van der Waals surface area contributed by atoms with Crippen LogP contribution in [0.2, 0.25) is 0 Å². The van der Waals surface area contributed by atoms with Gasteiger partial charge in [-0.15, -0.1) is 0 Å². The predicted molar refractivity (Wildman–Crippen MR) is 132 cm³/mol. The number of para-hydroxylation sites is 1. The maximum atomic E-state index is 13.4. The van der Waals surface area contributed by atoms with E-state index in [1.165, 1.54) is 0 Å². The van der Waals surface area contributed by atoms with E-state index in [1.54, 1.807) is 12.0 Å². The molecule has 0 spiro atoms. The Kier molecular flexibility index (Phi) is 5.57. The van der Waals surface area contributed by atoms with Gasteiger partial charge in [0, 0.05) is 41.3 Å². The Hall–Kier alpha value is -4.06. The largest absolute Gasteiger partial charge is 0.497 e. The maximum Gasteiger partial charge on any atom is 0.255 e. The number of carbonyl (C=O) groups excluding carboxylic acids is 2. The zero-order valence-electron chi connectivity index (χ0n) is 19.5. The molecule has 5 rings (SSSR count). The molecule has 0 saturated heterocycles. The molecule has 0 radical (unpaired) electrons. The topological polar surface area (TPSA) is 63.6 Å². The smallest absolute Gasteiger partial charge is 0.255 e. The number of rotatable bonds is 6. The third-order valence-electron chi connectivity index (χ3n) is 6.74. The van der Waals surface area contributed by atoms with E-state index in [0.29, 0.717) is 12.1 Å². The Morgan fingerprint density at radius 1 is 1.00 bits per heavy atom. The first-order chi connectivity index (χ1) is 16.5. The lowest BCUT2D eigenvalue weighted by atomic mass is 9.95. The summed E-state index contributed by atoms with van der Waals surface area (Å²) in [6, 6.07) is 23.1. The molecule has 0 unspecified atom stereocenters. The number of nitrogens with zero attached hydrogens (tertiary/aromatic N) is 2. The molecule has 2 amide bonds. The first-order valence-corrected chi connectivity index (χ1v) is 11.3. The van der Waals surface area contributed by atoms with E-state index in [4.69, 9.17) is 4.74 Å². The van der Waals surface area contributed by atoms with Crippen LogP contribution in [0.3, 0.4) is 0 Å². The fraction of sp³-hybridized carbons (Fsp3) is 0.214. The van der Waals surface area contributed by atoms with Crippen molar-refractivity contribution >= 4 is 22.7 Å². The van der Waals surface area contributed by atoms with Gasteiger partial charge in [-0.25, -0.2) is 0 Å². The molecule has 1 N–H and O–H groups in total. The van der Waals surface area contributed by atoms with E-state index >= 15 is 0 Å². The molecule has 0 aliphatic carbocycles. The van der Waals surface area contributed by atoms with Crippen LogP contribution in [0.5, 0.6) is 5.75 Å². The van der Waals surface area contributed by atoms with Gasteiger partial charge in [-0.05, 0) is 42.3 Å². The van der Waals surface area contributed by atoms with Gasteiger partial charge in [-0.3, -0.25) is 9.59 Å². The normalized spacial score (nSPS) is 15.0. The molecule has 34 heavy (non-hydrogen) atoms. The Morgan fingerprint density at radius 2 is 1.71 bits per heavy atom. The first kappa shape index (κ1) is 21.8. The second-order valence-electron chi connectivity index (χ2n) is 8.62. The Balaban J connectivity index is 1.46. The summed E-state index contributed by atoms with van der Waals surface area (Å²) < 4.78 is 7.34. The fourth-order valence-electron chi connectivity index (χ4n) is 4.89. The number of nitrogens with one attached hydrogen (secondary N) is 1. The number of ether oxygens (including phenoxy) is 1. The van der Waals surface area contributed by atoms with Crippen LogP contribution >= 0.6 is 0 Å². The van der Waals surface area contributed by atoms with Crippen molar-refractivity contribution in [1.29, 1.82) is 0 Å². The minimum atomic E-state index is -0.318. The summed E-state index contributed by atoms with van der Waals surface area (Å²) >= 11 is 0. The van der Waals surface area contributed by atoms with E-state index in [-0.39, 0.29) is 24.4 Å². The van der Waals surface area contributed by atoms with Gasteiger partial charge in [-0.2, -0.15) is 0 Å². The van der Waals surface area contributed by atoms with Crippen LogP contribution in [0.1, 0.15) is 38.8 Å². The predicted octanol–water partition coefficient (Wildman–Crippen LogP) is 4.36. The van der Waals surface area contributed by atoms with Crippen LogP contribution < -0.4 is 10.1 Å². The van der Waals surface area contributed by atoms with E-state index in [0.717, 1.165) is 39.0 Å². The fourth-order valence-corrected chi connectivity index (χ4v) is 4.89. The van der Waals surface area contributed by atoms with Gasteiger partial charge >= 0.3 is 0 Å². The molecular weight excluding hydrogens is 426 g/mol. The molecule has 4 aromatic rings. The SMILES string of the molecule is COc1ccc(CNC(=O)CN2C(=O)c3ccccc3[C@H]2c2c(C)n(C)c3ccccc23)cc1. The number of fused-ring (bicyclic) bond motifs is 2. The molecule has 1 atom stereocenters. The number of aromatic nitrogens is 1. The molecule has 1 aliphatic rings. The average molecular weight is 454 g/mol. The molecule has 1 aliphatic heterocycles. The van der Waals surface area contributed by atoms with Gasteiger partial charge < -0.3 is 19.5 Å². The van der Waals surface area contributed by atoms with Crippen molar-refractivity contribution in [3.05, 3.63) is 101 Å². The summed E-state index contributed by atoms with van der Waals surface area (Å²) in [7, 11) is 3.66. The lowest BCUT2D eigenvalue weighted by Gasteiger charge is -2.26. The zero-order chi connectivity index (χ0) is 23.8. The lowest BCUT2D eigenvalue weighted by molar-refractivity contribution is -0.122. The van der Waals surface area contributed by atoms with Crippen molar-refractivity contribution in [3.63, 3.8) is 0 Å². The minimum Gasteiger partial charge on any atom is -0.497 e. The number of benzene rings is 3. The molecule has 1 aromatic heterocycles. The van der Waals surface area contributed by atoms with Crippen LogP contribution in [-0.4, -0.2) is 34.9 Å². The standard InChI is InChI=1S/C28H27N3O3/c1-18-26(23-10-6-7-11-24(23)30(18)2)27-21-8-4-5-9-22(21)28(33)31(27)17-25(32)29-16-19-12-14-20(34-3)15-13-19/h4-15,27H,16-17H2,1-3H3,(H,29,32)/t27-/m0/s1. The van der Waals surface area contributed by atoms with Crippen LogP contribution in [0.25, 0.3) is 10.9 Å². The van der Waals surface area contributed by atoms with Crippen molar-refractivity contribution < 1.29 is 14.3 Å². The maximum absolute atomic E-state index is 13.4. The highest BCUT2D eigenvalue weighted by Crippen LogP contribution is 2.43. The second kappa shape index (κ2) is 8.71. The van der Waals surface area contributed by atoms with Gasteiger partial charge in [0.2, 0.25) is 5.91 Å². The molecule has 0 saturated carbocycles. The van der Waals surface area contributed by atoms with Crippen molar-refractivity contribution in [1.82, 2.24) is 14.8 Å². The van der Waals surface area contributed by atoms with Crippen molar-refractivity contribution in [2.45, 2.75) is 19.5 Å². The summed E-state index contributed by atoms with van der Waals surface area (Å²) in [4.78, 5) is 28.1. The van der Waals surface area contributed by atoms with Gasteiger partial charge in [0.25, 0.3) is 5.91 Å². The van der Waals surface area contributed by atoms with Crippen LogP contribution in [0.4, 0.5) is 0 Å². The average Bonchev–Trinajstić information content (AvgIpc) is 3.28. The number of methoxy groups -OCH3 is 1. The third kappa shape index (κ3) is 3.61.